The monoisotopic (exact) mass is 219 g/mol. The van der Waals surface area contributed by atoms with Crippen molar-refractivity contribution < 1.29 is 14.0 Å². The number of benzene rings is 1. The zero-order valence-electron chi connectivity index (χ0n) is 8.52. The van der Waals surface area contributed by atoms with Crippen molar-refractivity contribution in [3.63, 3.8) is 0 Å². The molecule has 0 unspecified atom stereocenters. The molecule has 0 aromatic heterocycles. The molecule has 0 spiro atoms. The Kier molecular flexibility index (Phi) is 2.81. The second-order valence-corrected chi connectivity index (χ2v) is 3.49. The van der Waals surface area contributed by atoms with E-state index in [0.29, 0.717) is 18.5 Å². The largest absolute Gasteiger partial charge is 0.275 e. The average Bonchev–Trinajstić information content (AvgIpc) is 2.30. The van der Waals surface area contributed by atoms with Gasteiger partial charge in [-0.1, -0.05) is 6.08 Å². The molecule has 0 aliphatic carbocycles. The molecule has 0 bridgehead atoms. The smallest absolute Gasteiger partial charge is 0.260 e. The number of hydrogen-bond acceptors (Lipinski definition) is 2. The van der Waals surface area contributed by atoms with Crippen molar-refractivity contribution in [3.05, 3.63) is 47.8 Å². The van der Waals surface area contributed by atoms with Gasteiger partial charge in [0.25, 0.3) is 11.8 Å². The molecule has 0 fully saturated rings. The molecular formula is C12H10FNO2. The van der Waals surface area contributed by atoms with Crippen LogP contribution < -0.4 is 0 Å². The summed E-state index contributed by atoms with van der Waals surface area (Å²) in [5, 5.41) is 0. The van der Waals surface area contributed by atoms with Crippen molar-refractivity contribution >= 4 is 11.8 Å². The summed E-state index contributed by atoms with van der Waals surface area (Å²) in [7, 11) is 0. The van der Waals surface area contributed by atoms with Crippen molar-refractivity contribution in [1.29, 1.82) is 0 Å². The van der Waals surface area contributed by atoms with Gasteiger partial charge in [-0.2, -0.15) is 0 Å². The summed E-state index contributed by atoms with van der Waals surface area (Å²) in [6, 6.07) is 5.17. The molecule has 1 aromatic rings. The lowest BCUT2D eigenvalue weighted by Gasteiger charge is -2.21. The summed E-state index contributed by atoms with van der Waals surface area (Å²) in [6.07, 6.45) is 3.78. The van der Waals surface area contributed by atoms with Gasteiger partial charge >= 0.3 is 0 Å². The molecule has 1 aliphatic heterocycles. The Morgan fingerprint density at radius 2 is 1.94 bits per heavy atom. The van der Waals surface area contributed by atoms with Gasteiger partial charge in [-0.05, 0) is 36.8 Å². The summed E-state index contributed by atoms with van der Waals surface area (Å²) in [5.74, 6) is -1.10. The molecule has 0 saturated carbocycles. The lowest BCUT2D eigenvalue weighted by molar-refractivity contribution is -0.124. The predicted octanol–water partition coefficient (Wildman–Crippen LogP) is 1.75. The van der Waals surface area contributed by atoms with E-state index in [-0.39, 0.29) is 11.8 Å². The summed E-state index contributed by atoms with van der Waals surface area (Å²) >= 11 is 0. The number of rotatable bonds is 1. The predicted molar refractivity (Wildman–Crippen MR) is 56.2 cm³/mol. The van der Waals surface area contributed by atoms with Crippen molar-refractivity contribution in [1.82, 2.24) is 4.90 Å². The minimum Gasteiger partial charge on any atom is -0.275 e. The van der Waals surface area contributed by atoms with Crippen LogP contribution in [0.5, 0.6) is 0 Å². The molecule has 0 atom stereocenters. The third kappa shape index (κ3) is 2.00. The third-order valence-electron chi connectivity index (χ3n) is 2.38. The van der Waals surface area contributed by atoms with Crippen molar-refractivity contribution in [2.45, 2.75) is 6.42 Å². The highest BCUT2D eigenvalue weighted by atomic mass is 19.1. The van der Waals surface area contributed by atoms with E-state index in [4.69, 9.17) is 0 Å². The molecule has 0 saturated heterocycles. The van der Waals surface area contributed by atoms with E-state index in [1.807, 2.05) is 0 Å². The fourth-order valence-corrected chi connectivity index (χ4v) is 1.54. The van der Waals surface area contributed by atoms with Crippen molar-refractivity contribution in [2.24, 2.45) is 0 Å². The van der Waals surface area contributed by atoms with Gasteiger partial charge in [0.15, 0.2) is 0 Å². The summed E-state index contributed by atoms with van der Waals surface area (Å²) < 4.78 is 12.7. The first-order chi connectivity index (χ1) is 7.68. The lowest BCUT2D eigenvalue weighted by atomic mass is 10.1. The highest BCUT2D eigenvalue weighted by molar-refractivity contribution is 6.08. The van der Waals surface area contributed by atoms with E-state index < -0.39 is 5.82 Å². The van der Waals surface area contributed by atoms with E-state index in [1.54, 1.807) is 6.08 Å². The van der Waals surface area contributed by atoms with E-state index in [1.165, 1.54) is 30.3 Å². The normalized spacial score (nSPS) is 15.3. The number of hydrogen-bond donors (Lipinski definition) is 0. The number of carbonyl (C=O) groups is 2. The van der Waals surface area contributed by atoms with Crippen LogP contribution in [0.1, 0.15) is 16.8 Å². The molecule has 0 N–H and O–H groups in total. The Hall–Kier alpha value is -1.97. The van der Waals surface area contributed by atoms with Gasteiger partial charge in [0.05, 0.1) is 0 Å². The molecule has 1 heterocycles. The second kappa shape index (κ2) is 4.26. The summed E-state index contributed by atoms with van der Waals surface area (Å²) in [5.41, 5.74) is 0.324. The summed E-state index contributed by atoms with van der Waals surface area (Å²) in [4.78, 5) is 24.5. The average molecular weight is 219 g/mol. The maximum Gasteiger partial charge on any atom is 0.260 e. The molecular weight excluding hydrogens is 209 g/mol. The first-order valence-electron chi connectivity index (χ1n) is 4.96. The van der Waals surface area contributed by atoms with Gasteiger partial charge in [-0.15, -0.1) is 0 Å². The molecule has 2 amide bonds. The molecule has 4 heteroatoms. The number of amides is 2. The topological polar surface area (TPSA) is 37.4 Å². The van der Waals surface area contributed by atoms with Gasteiger partial charge in [0, 0.05) is 12.1 Å². The number of nitrogens with zero attached hydrogens (tertiary/aromatic N) is 1. The Labute approximate surface area is 92.2 Å². The Bertz CT molecular complexity index is 451. The first kappa shape index (κ1) is 10.5. The van der Waals surface area contributed by atoms with E-state index >= 15 is 0 Å². The van der Waals surface area contributed by atoms with Crippen LogP contribution >= 0.6 is 0 Å². The SMILES string of the molecule is O=C1C=CCCN1C(=O)c1ccc(F)cc1. The van der Waals surface area contributed by atoms with Gasteiger partial charge in [-0.25, -0.2) is 4.39 Å². The molecule has 1 aliphatic rings. The Morgan fingerprint density at radius 3 is 2.56 bits per heavy atom. The number of imide groups is 1. The molecule has 2 rings (SSSR count). The number of carbonyl (C=O) groups excluding carboxylic acids is 2. The van der Waals surface area contributed by atoms with Crippen LogP contribution in [0.25, 0.3) is 0 Å². The highest BCUT2D eigenvalue weighted by Gasteiger charge is 2.22. The van der Waals surface area contributed by atoms with Crippen LogP contribution in [0.4, 0.5) is 4.39 Å². The third-order valence-corrected chi connectivity index (χ3v) is 2.38. The highest BCUT2D eigenvalue weighted by Crippen LogP contribution is 2.10. The van der Waals surface area contributed by atoms with Gasteiger partial charge < -0.3 is 0 Å². The first-order valence-corrected chi connectivity index (χ1v) is 4.96. The minimum absolute atomic E-state index is 0.319. The van der Waals surface area contributed by atoms with E-state index in [0.717, 1.165) is 4.90 Å². The van der Waals surface area contributed by atoms with Gasteiger partial charge in [0.2, 0.25) is 0 Å². The Balaban J connectivity index is 2.22. The van der Waals surface area contributed by atoms with Crippen molar-refractivity contribution in [2.75, 3.05) is 6.54 Å². The van der Waals surface area contributed by atoms with Crippen LogP contribution in [0, 0.1) is 5.82 Å². The fraction of sp³-hybridized carbons (Fsp3) is 0.167. The van der Waals surface area contributed by atoms with Crippen LogP contribution in [0.2, 0.25) is 0 Å². The molecule has 82 valence electrons. The Morgan fingerprint density at radius 1 is 1.25 bits per heavy atom. The maximum absolute atomic E-state index is 12.7. The van der Waals surface area contributed by atoms with E-state index in [2.05, 4.69) is 0 Å². The lowest BCUT2D eigenvalue weighted by Crippen LogP contribution is -2.38. The second-order valence-electron chi connectivity index (χ2n) is 3.49. The number of halogens is 1. The quantitative estimate of drug-likeness (QED) is 0.675. The molecule has 3 nitrogen and oxygen atoms in total. The van der Waals surface area contributed by atoms with Crippen LogP contribution in [0.15, 0.2) is 36.4 Å². The fourth-order valence-electron chi connectivity index (χ4n) is 1.54. The van der Waals surface area contributed by atoms with Gasteiger partial charge in [0.1, 0.15) is 5.82 Å². The molecule has 16 heavy (non-hydrogen) atoms. The van der Waals surface area contributed by atoms with Gasteiger partial charge in [-0.3, -0.25) is 14.5 Å². The molecule has 0 radical (unpaired) electrons. The zero-order chi connectivity index (χ0) is 11.5. The van der Waals surface area contributed by atoms with Crippen LogP contribution in [0.3, 0.4) is 0 Å². The maximum atomic E-state index is 12.7. The standard InChI is InChI=1S/C12H10FNO2/c13-10-6-4-9(5-7-10)12(16)14-8-2-1-3-11(14)15/h1,3-7H,2,8H2. The molecule has 1 aromatic carbocycles. The minimum atomic E-state index is -0.401. The van der Waals surface area contributed by atoms with Crippen LogP contribution in [-0.4, -0.2) is 23.3 Å². The van der Waals surface area contributed by atoms with Crippen LogP contribution in [-0.2, 0) is 4.79 Å². The van der Waals surface area contributed by atoms with E-state index in [9.17, 15) is 14.0 Å². The summed E-state index contributed by atoms with van der Waals surface area (Å²) in [6.45, 7) is 0.380. The zero-order valence-corrected chi connectivity index (χ0v) is 8.52. The van der Waals surface area contributed by atoms with Crippen molar-refractivity contribution in [3.8, 4) is 0 Å².